The summed E-state index contributed by atoms with van der Waals surface area (Å²) in [6, 6.07) is 0. The van der Waals surface area contributed by atoms with Gasteiger partial charge in [-0.1, -0.05) is 0 Å². The van der Waals surface area contributed by atoms with Crippen molar-refractivity contribution in [2.75, 3.05) is 6.61 Å². The van der Waals surface area contributed by atoms with Crippen LogP contribution in [0.4, 0.5) is 4.79 Å². The number of carbonyl (C=O) groups excluding carboxylic acids is 1. The fourth-order valence-corrected chi connectivity index (χ4v) is 0.142. The van der Waals surface area contributed by atoms with Crippen molar-refractivity contribution in [2.24, 2.45) is 5.73 Å². The molecule has 0 aliphatic rings. The topological polar surface area (TPSA) is 52.3 Å². The molecule has 0 atom stereocenters. The first-order valence-electron chi connectivity index (χ1n) is 1.69. The molecular formula is C4H7NNa4O2. The molecule has 0 heterocycles. The van der Waals surface area contributed by atoms with Gasteiger partial charge in [0, 0.05) is 126 Å². The van der Waals surface area contributed by atoms with E-state index in [1.54, 1.807) is 6.92 Å². The molecule has 8 radical (unpaired) electrons. The maximum atomic E-state index is 9.60. The van der Waals surface area contributed by atoms with E-state index in [-0.39, 0.29) is 126 Å². The number of rotatable bonds is 1. The Morgan fingerprint density at radius 3 is 1.55 bits per heavy atom. The van der Waals surface area contributed by atoms with Gasteiger partial charge in [-0.05, 0) is 6.92 Å². The van der Waals surface area contributed by atoms with E-state index in [0.29, 0.717) is 6.61 Å². The van der Waals surface area contributed by atoms with Gasteiger partial charge in [0.25, 0.3) is 0 Å². The molecule has 0 aromatic carbocycles. The fourth-order valence-electron chi connectivity index (χ4n) is 0.142. The molecule has 0 saturated heterocycles. The van der Waals surface area contributed by atoms with Crippen molar-refractivity contribution in [3.63, 3.8) is 0 Å². The number of amides is 1. The van der Waals surface area contributed by atoms with E-state index in [9.17, 15) is 4.79 Å². The van der Waals surface area contributed by atoms with Crippen molar-refractivity contribution in [3.8, 4) is 0 Å². The van der Waals surface area contributed by atoms with Crippen LogP contribution in [0.1, 0.15) is 6.92 Å². The standard InChI is InChI=1S/C3H7NO2.C.4Na/c1-2-6-3(4)5;;;;;/h2H2,1H3,(H2,4,5);;;;;. The Bertz CT molecular complexity index is 64.1. The van der Waals surface area contributed by atoms with Crippen LogP contribution in [0.2, 0.25) is 0 Å². The van der Waals surface area contributed by atoms with Gasteiger partial charge in [-0.2, -0.15) is 0 Å². The zero-order chi connectivity index (χ0) is 4.99. The van der Waals surface area contributed by atoms with Crippen LogP contribution >= 0.6 is 0 Å². The van der Waals surface area contributed by atoms with E-state index in [0.717, 1.165) is 0 Å². The van der Waals surface area contributed by atoms with Gasteiger partial charge in [-0.15, -0.1) is 0 Å². The summed E-state index contributed by atoms with van der Waals surface area (Å²) in [6.07, 6.45) is -0.711. The van der Waals surface area contributed by atoms with Crippen molar-refractivity contribution >= 4 is 124 Å². The summed E-state index contributed by atoms with van der Waals surface area (Å²) in [6.45, 7) is 2.06. The summed E-state index contributed by atoms with van der Waals surface area (Å²) >= 11 is 0. The third-order valence-corrected chi connectivity index (χ3v) is 0.287. The second-order valence-corrected chi connectivity index (χ2v) is 0.752. The van der Waals surface area contributed by atoms with Crippen LogP contribution in [-0.4, -0.2) is 131 Å². The third kappa shape index (κ3) is 42.9. The molecular weight excluding hydrogens is 186 g/mol. The summed E-state index contributed by atoms with van der Waals surface area (Å²) in [5.41, 5.74) is 4.54. The molecule has 11 heavy (non-hydrogen) atoms. The van der Waals surface area contributed by atoms with Gasteiger partial charge in [-0.3, -0.25) is 0 Å². The zero-order valence-corrected chi connectivity index (χ0v) is 16.1. The quantitative estimate of drug-likeness (QED) is 0.524. The Hall–Kier alpha value is 3.27. The number of nitrogens with two attached hydrogens (primary N) is 1. The van der Waals surface area contributed by atoms with Gasteiger partial charge in [0.05, 0.1) is 6.61 Å². The van der Waals surface area contributed by atoms with Crippen LogP contribution in [0.5, 0.6) is 0 Å². The van der Waals surface area contributed by atoms with Crippen LogP contribution < -0.4 is 5.73 Å². The molecule has 0 aromatic heterocycles. The van der Waals surface area contributed by atoms with Gasteiger partial charge in [-0.25, -0.2) is 4.79 Å². The first kappa shape index (κ1) is 36.7. The summed E-state index contributed by atoms with van der Waals surface area (Å²) in [5.74, 6) is 0. The third-order valence-electron chi connectivity index (χ3n) is 0.287. The maximum Gasteiger partial charge on any atom is 0.404 e. The predicted molar refractivity (Wildman–Crippen MR) is 47.5 cm³/mol. The second-order valence-electron chi connectivity index (χ2n) is 0.752. The number of primary amides is 1. The molecule has 3 nitrogen and oxygen atoms in total. The van der Waals surface area contributed by atoms with E-state index in [1.165, 1.54) is 0 Å². The van der Waals surface area contributed by atoms with Crippen molar-refractivity contribution in [3.05, 3.63) is 7.43 Å². The molecule has 0 spiro atoms. The number of carbonyl (C=O) groups is 1. The van der Waals surface area contributed by atoms with Gasteiger partial charge in [0.2, 0.25) is 0 Å². The Kier molecular flexibility index (Phi) is 97.6. The van der Waals surface area contributed by atoms with Gasteiger partial charge >= 0.3 is 6.09 Å². The molecule has 7 heteroatoms. The molecule has 0 bridgehead atoms. The molecule has 0 rings (SSSR count). The molecule has 2 N–H and O–H groups in total. The molecule has 1 amide bonds. The van der Waals surface area contributed by atoms with E-state index in [4.69, 9.17) is 0 Å². The van der Waals surface area contributed by atoms with Crippen molar-refractivity contribution in [1.29, 1.82) is 0 Å². The zero-order valence-electron chi connectivity index (χ0n) is 8.10. The Morgan fingerprint density at radius 2 is 1.55 bits per heavy atom. The molecule has 0 fully saturated rings. The van der Waals surface area contributed by atoms with E-state index < -0.39 is 6.09 Å². The van der Waals surface area contributed by atoms with Crippen molar-refractivity contribution < 1.29 is 9.53 Å². The van der Waals surface area contributed by atoms with Crippen molar-refractivity contribution in [1.82, 2.24) is 0 Å². The average Bonchev–Trinajstić information content (AvgIpc) is 1.35. The van der Waals surface area contributed by atoms with Crippen LogP contribution in [0.3, 0.4) is 0 Å². The Morgan fingerprint density at radius 1 is 1.27 bits per heavy atom. The summed E-state index contributed by atoms with van der Waals surface area (Å²) in [5, 5.41) is 0. The van der Waals surface area contributed by atoms with Gasteiger partial charge in [0.1, 0.15) is 0 Å². The van der Waals surface area contributed by atoms with Crippen molar-refractivity contribution in [2.45, 2.75) is 6.92 Å². The first-order chi connectivity index (χ1) is 2.77. The van der Waals surface area contributed by atoms with Crippen LogP contribution in [-0.2, 0) is 4.74 Å². The van der Waals surface area contributed by atoms with Crippen LogP contribution in [0.25, 0.3) is 0 Å². The normalized spacial score (nSPS) is 4.09. The molecule has 0 saturated carbocycles. The largest absolute Gasteiger partial charge is 0.450 e. The SMILES string of the molecule is CCOC(N)=O.[C].[Na].[Na].[Na].[Na]. The molecule has 44 valence electrons. The summed E-state index contributed by atoms with van der Waals surface area (Å²) < 4.78 is 4.18. The van der Waals surface area contributed by atoms with Gasteiger partial charge < -0.3 is 10.5 Å². The number of hydrogen-bond acceptors (Lipinski definition) is 2. The van der Waals surface area contributed by atoms with E-state index >= 15 is 0 Å². The van der Waals surface area contributed by atoms with E-state index in [2.05, 4.69) is 10.5 Å². The van der Waals surface area contributed by atoms with Crippen LogP contribution in [0, 0.1) is 7.43 Å². The minimum Gasteiger partial charge on any atom is -0.450 e. The predicted octanol–water partition coefficient (Wildman–Crippen LogP) is -1.34. The summed E-state index contributed by atoms with van der Waals surface area (Å²) in [7, 11) is 0. The maximum absolute atomic E-state index is 9.60. The monoisotopic (exact) mass is 193 g/mol. The molecule has 0 aliphatic carbocycles. The Labute approximate surface area is 157 Å². The first-order valence-corrected chi connectivity index (χ1v) is 1.69. The van der Waals surface area contributed by atoms with E-state index in [1.807, 2.05) is 0 Å². The fraction of sp³-hybridized carbons (Fsp3) is 0.500. The van der Waals surface area contributed by atoms with Gasteiger partial charge in [0.15, 0.2) is 0 Å². The minimum atomic E-state index is -0.711. The summed E-state index contributed by atoms with van der Waals surface area (Å²) in [4.78, 5) is 9.60. The second kappa shape index (κ2) is 29.2. The average molecular weight is 193 g/mol. The number of hydrogen-bond donors (Lipinski definition) is 1. The molecule has 0 aliphatic heterocycles. The van der Waals surface area contributed by atoms with Crippen LogP contribution in [0.15, 0.2) is 0 Å². The smallest absolute Gasteiger partial charge is 0.404 e. The number of ether oxygens (including phenoxy) is 1. The Balaban J connectivity index is -0.0000000125. The molecule has 0 aromatic rings. The minimum absolute atomic E-state index is 0. The molecule has 0 unspecified atom stereocenters.